The molecule has 0 radical (unpaired) electrons. The lowest BCUT2D eigenvalue weighted by Crippen LogP contribution is -2.28. The summed E-state index contributed by atoms with van der Waals surface area (Å²) in [7, 11) is 1.66. The second-order valence-corrected chi connectivity index (χ2v) is 4.87. The average molecular weight is 251 g/mol. The van der Waals surface area contributed by atoms with Crippen molar-refractivity contribution in [1.82, 2.24) is 4.98 Å². The molecule has 2 heterocycles. The van der Waals surface area contributed by atoms with Crippen LogP contribution in [0.4, 0.5) is 0 Å². The molecule has 1 saturated heterocycles. The zero-order valence-corrected chi connectivity index (χ0v) is 11.3. The van der Waals surface area contributed by atoms with Crippen molar-refractivity contribution in [3.63, 3.8) is 0 Å². The number of hydrogen-bond donors (Lipinski definition) is 1. The highest BCUT2D eigenvalue weighted by atomic mass is 16.5. The van der Waals surface area contributed by atoms with Crippen LogP contribution in [0.5, 0.6) is 5.75 Å². The van der Waals surface area contributed by atoms with E-state index in [0.29, 0.717) is 6.42 Å². The Morgan fingerprint density at radius 2 is 2.33 bits per heavy atom. The fourth-order valence-electron chi connectivity index (χ4n) is 2.51. The molecule has 1 fully saturated rings. The average Bonchev–Trinajstić information content (AvgIpc) is 2.87. The van der Waals surface area contributed by atoms with Crippen molar-refractivity contribution in [2.45, 2.75) is 45.3 Å². The highest BCUT2D eigenvalue weighted by molar-refractivity contribution is 5.41. The molecule has 18 heavy (non-hydrogen) atoms. The Bertz CT molecular complexity index is 414. The molecule has 100 valence electrons. The summed E-state index contributed by atoms with van der Waals surface area (Å²) in [6.07, 6.45) is 3.76. The lowest BCUT2D eigenvalue weighted by Gasteiger charge is -2.19. The smallest absolute Gasteiger partial charge is 0.128 e. The third kappa shape index (κ3) is 2.65. The van der Waals surface area contributed by atoms with E-state index in [1.165, 1.54) is 0 Å². The number of aryl methyl sites for hydroxylation is 1. The zero-order chi connectivity index (χ0) is 13.1. The van der Waals surface area contributed by atoms with Gasteiger partial charge in [0.1, 0.15) is 5.75 Å². The molecule has 0 aliphatic carbocycles. The Labute approximate surface area is 108 Å². The molecule has 0 aromatic carbocycles. The third-order valence-electron chi connectivity index (χ3n) is 3.55. The first-order chi connectivity index (χ1) is 8.63. The van der Waals surface area contributed by atoms with Crippen LogP contribution in [0.1, 0.15) is 29.7 Å². The van der Waals surface area contributed by atoms with E-state index in [1.54, 1.807) is 13.3 Å². The van der Waals surface area contributed by atoms with Crippen molar-refractivity contribution in [2.75, 3.05) is 13.7 Å². The highest BCUT2D eigenvalue weighted by Crippen LogP contribution is 2.26. The number of ether oxygens (including phenoxy) is 2. The first-order valence-electron chi connectivity index (χ1n) is 6.42. The summed E-state index contributed by atoms with van der Waals surface area (Å²) >= 11 is 0. The van der Waals surface area contributed by atoms with E-state index in [-0.39, 0.29) is 6.10 Å². The minimum atomic E-state index is -0.480. The lowest BCUT2D eigenvalue weighted by molar-refractivity contribution is -0.00131. The number of aliphatic hydroxyl groups is 1. The molecule has 4 nitrogen and oxygen atoms in total. The van der Waals surface area contributed by atoms with Crippen LogP contribution < -0.4 is 4.74 Å². The normalized spacial score (nSPS) is 21.0. The van der Waals surface area contributed by atoms with Gasteiger partial charge in [-0.05, 0) is 26.7 Å². The fourth-order valence-corrected chi connectivity index (χ4v) is 2.51. The number of hydrogen-bond acceptors (Lipinski definition) is 4. The van der Waals surface area contributed by atoms with Gasteiger partial charge in [0.05, 0.1) is 19.3 Å². The lowest BCUT2D eigenvalue weighted by atomic mass is 10.0. The minimum Gasteiger partial charge on any atom is -0.496 e. The van der Waals surface area contributed by atoms with Crippen molar-refractivity contribution in [1.29, 1.82) is 0 Å². The number of aromatic nitrogens is 1. The second kappa shape index (κ2) is 5.67. The van der Waals surface area contributed by atoms with E-state index in [4.69, 9.17) is 9.47 Å². The van der Waals surface area contributed by atoms with E-state index in [2.05, 4.69) is 4.98 Å². The zero-order valence-electron chi connectivity index (χ0n) is 11.3. The van der Waals surface area contributed by atoms with Crippen molar-refractivity contribution >= 4 is 0 Å². The molecule has 1 aliphatic heterocycles. The van der Waals surface area contributed by atoms with E-state index in [9.17, 15) is 5.11 Å². The topological polar surface area (TPSA) is 51.6 Å². The number of pyridine rings is 1. The number of methoxy groups -OCH3 is 1. The van der Waals surface area contributed by atoms with E-state index >= 15 is 0 Å². The quantitative estimate of drug-likeness (QED) is 0.886. The van der Waals surface area contributed by atoms with Crippen LogP contribution in [0.2, 0.25) is 0 Å². The van der Waals surface area contributed by atoms with Crippen LogP contribution in [-0.4, -0.2) is 36.0 Å². The first kappa shape index (κ1) is 13.3. The fraction of sp³-hybridized carbons (Fsp3) is 0.643. The van der Waals surface area contributed by atoms with Crippen LogP contribution in [0.3, 0.4) is 0 Å². The van der Waals surface area contributed by atoms with Gasteiger partial charge in [0.15, 0.2) is 0 Å². The minimum absolute atomic E-state index is 0.0431. The Kier molecular flexibility index (Phi) is 4.19. The number of nitrogens with zero attached hydrogens (tertiary/aromatic N) is 1. The molecule has 4 heteroatoms. The number of rotatable bonds is 4. The first-order valence-corrected chi connectivity index (χ1v) is 6.42. The van der Waals surface area contributed by atoms with Crippen molar-refractivity contribution < 1.29 is 14.6 Å². The summed E-state index contributed by atoms with van der Waals surface area (Å²) in [6, 6.07) is 0. The maximum atomic E-state index is 10.2. The molecule has 0 saturated carbocycles. The summed E-state index contributed by atoms with van der Waals surface area (Å²) in [5.41, 5.74) is 2.92. The standard InChI is InChI=1S/C14H21NO3/c1-9-8-15-11(10(2)14(9)17-3)7-12(16)13-5-4-6-18-13/h8,12-13,16H,4-7H2,1-3H3. The van der Waals surface area contributed by atoms with Crippen LogP contribution >= 0.6 is 0 Å². The summed E-state index contributed by atoms with van der Waals surface area (Å²) < 4.78 is 10.9. The molecule has 2 atom stereocenters. The summed E-state index contributed by atoms with van der Waals surface area (Å²) in [6.45, 7) is 4.71. The molecule has 1 N–H and O–H groups in total. The predicted octanol–water partition coefficient (Wildman–Crippen LogP) is 1.79. The Morgan fingerprint density at radius 3 is 2.94 bits per heavy atom. The van der Waals surface area contributed by atoms with E-state index in [1.807, 2.05) is 13.8 Å². The molecule has 2 rings (SSSR count). The monoisotopic (exact) mass is 251 g/mol. The van der Waals surface area contributed by atoms with Crippen LogP contribution in [0.15, 0.2) is 6.20 Å². The molecule has 1 aromatic rings. The number of aliphatic hydroxyl groups excluding tert-OH is 1. The van der Waals surface area contributed by atoms with Gasteiger partial charge in [-0.15, -0.1) is 0 Å². The highest BCUT2D eigenvalue weighted by Gasteiger charge is 2.25. The van der Waals surface area contributed by atoms with Crippen molar-refractivity contribution in [3.05, 3.63) is 23.0 Å². The SMILES string of the molecule is COc1c(C)cnc(CC(O)C2CCCO2)c1C. The maximum absolute atomic E-state index is 10.2. The van der Waals surface area contributed by atoms with Gasteiger partial charge in [0.2, 0.25) is 0 Å². The second-order valence-electron chi connectivity index (χ2n) is 4.87. The molecular weight excluding hydrogens is 230 g/mol. The Hall–Kier alpha value is -1.13. The van der Waals surface area contributed by atoms with Crippen molar-refractivity contribution in [2.24, 2.45) is 0 Å². The Balaban J connectivity index is 2.13. The third-order valence-corrected chi connectivity index (χ3v) is 3.55. The van der Waals surface area contributed by atoms with Gasteiger partial charge in [-0.1, -0.05) is 0 Å². The summed E-state index contributed by atoms with van der Waals surface area (Å²) in [5.74, 6) is 0.861. The molecule has 0 amide bonds. The predicted molar refractivity (Wildman–Crippen MR) is 68.9 cm³/mol. The van der Waals surface area contributed by atoms with Crippen molar-refractivity contribution in [3.8, 4) is 5.75 Å². The Morgan fingerprint density at radius 1 is 1.56 bits per heavy atom. The van der Waals surface area contributed by atoms with Gasteiger partial charge >= 0.3 is 0 Å². The van der Waals surface area contributed by atoms with Crippen LogP contribution in [0.25, 0.3) is 0 Å². The van der Waals surface area contributed by atoms with E-state index in [0.717, 1.165) is 42.0 Å². The molecule has 1 aromatic heterocycles. The van der Waals surface area contributed by atoms with Gasteiger partial charge in [-0.25, -0.2) is 0 Å². The van der Waals surface area contributed by atoms with Crippen LogP contribution in [-0.2, 0) is 11.2 Å². The summed E-state index contributed by atoms with van der Waals surface area (Å²) in [5, 5.41) is 10.2. The van der Waals surface area contributed by atoms with Gasteiger partial charge in [-0.2, -0.15) is 0 Å². The summed E-state index contributed by atoms with van der Waals surface area (Å²) in [4.78, 5) is 4.40. The molecule has 0 bridgehead atoms. The molecular formula is C14H21NO3. The van der Waals surface area contributed by atoms with Gasteiger partial charge in [-0.3, -0.25) is 4.98 Å². The van der Waals surface area contributed by atoms with Gasteiger partial charge in [0, 0.05) is 36.0 Å². The van der Waals surface area contributed by atoms with Gasteiger partial charge in [0.25, 0.3) is 0 Å². The van der Waals surface area contributed by atoms with Gasteiger partial charge < -0.3 is 14.6 Å². The van der Waals surface area contributed by atoms with Crippen LogP contribution in [0, 0.1) is 13.8 Å². The molecule has 2 unspecified atom stereocenters. The van der Waals surface area contributed by atoms with E-state index < -0.39 is 6.10 Å². The molecule has 0 spiro atoms. The largest absolute Gasteiger partial charge is 0.496 e. The maximum Gasteiger partial charge on any atom is 0.128 e. The molecule has 1 aliphatic rings.